The van der Waals surface area contributed by atoms with Crippen LogP contribution in [0.15, 0.2) is 42.5 Å². The Morgan fingerprint density at radius 1 is 1.03 bits per heavy atom. The van der Waals surface area contributed by atoms with E-state index in [1.807, 2.05) is 19.9 Å². The molecule has 7 nitrogen and oxygen atoms in total. The summed E-state index contributed by atoms with van der Waals surface area (Å²) in [5.74, 6) is -1.02. The lowest BCUT2D eigenvalue weighted by molar-refractivity contribution is -0.140. The van der Waals surface area contributed by atoms with E-state index in [4.69, 9.17) is 0 Å². The van der Waals surface area contributed by atoms with Gasteiger partial charge in [-0.1, -0.05) is 51.1 Å². The molecule has 0 bridgehead atoms. The average molecular weight is 506 g/mol. The summed E-state index contributed by atoms with van der Waals surface area (Å²) in [6.07, 6.45) is 1.39. The van der Waals surface area contributed by atoms with Gasteiger partial charge in [0.15, 0.2) is 0 Å². The molecule has 2 rings (SSSR count). The maximum Gasteiger partial charge on any atom is 0.244 e. The largest absolute Gasteiger partial charge is 0.354 e. The Morgan fingerprint density at radius 3 is 2.09 bits per heavy atom. The molecule has 35 heavy (non-hydrogen) atoms. The molecule has 0 aliphatic carbocycles. The number of para-hydroxylation sites is 1. The first-order valence-electron chi connectivity index (χ1n) is 11.7. The molecule has 0 aliphatic rings. The minimum Gasteiger partial charge on any atom is -0.354 e. The minimum absolute atomic E-state index is 0.0388. The highest BCUT2D eigenvalue weighted by atomic mass is 32.2. The van der Waals surface area contributed by atoms with Crippen molar-refractivity contribution in [2.45, 2.75) is 53.6 Å². The van der Waals surface area contributed by atoms with Crippen LogP contribution < -0.4 is 9.62 Å². The van der Waals surface area contributed by atoms with E-state index in [0.29, 0.717) is 24.2 Å². The summed E-state index contributed by atoms with van der Waals surface area (Å²) in [7, 11) is -3.81. The first-order chi connectivity index (χ1) is 16.3. The quantitative estimate of drug-likeness (QED) is 0.504. The van der Waals surface area contributed by atoms with Gasteiger partial charge in [0.1, 0.15) is 18.4 Å². The molecule has 192 valence electrons. The third kappa shape index (κ3) is 7.78. The van der Waals surface area contributed by atoms with E-state index in [2.05, 4.69) is 5.32 Å². The molecule has 2 amide bonds. The molecule has 0 saturated carbocycles. The van der Waals surface area contributed by atoms with E-state index >= 15 is 0 Å². The van der Waals surface area contributed by atoms with Crippen LogP contribution in [0.5, 0.6) is 0 Å². The minimum atomic E-state index is -3.81. The van der Waals surface area contributed by atoms with Crippen molar-refractivity contribution >= 4 is 27.5 Å². The molecule has 0 radical (unpaired) electrons. The van der Waals surface area contributed by atoms with Crippen LogP contribution in [-0.4, -0.2) is 50.5 Å². The molecule has 2 aromatic rings. The van der Waals surface area contributed by atoms with Gasteiger partial charge in [0.05, 0.1) is 11.9 Å². The van der Waals surface area contributed by atoms with Crippen LogP contribution in [0.1, 0.15) is 43.9 Å². The number of amides is 2. The average Bonchev–Trinajstić information content (AvgIpc) is 2.77. The Hall–Kier alpha value is -2.94. The highest BCUT2D eigenvalue weighted by Crippen LogP contribution is 2.27. The van der Waals surface area contributed by atoms with Gasteiger partial charge in [0, 0.05) is 13.1 Å². The lowest BCUT2D eigenvalue weighted by Gasteiger charge is -2.33. The van der Waals surface area contributed by atoms with Crippen LogP contribution in [0.25, 0.3) is 0 Å². The second-order valence-corrected chi connectivity index (χ2v) is 11.1. The summed E-state index contributed by atoms with van der Waals surface area (Å²) in [6, 6.07) is 10.3. The summed E-state index contributed by atoms with van der Waals surface area (Å²) in [5.41, 5.74) is 2.51. The molecule has 1 N–H and O–H groups in total. The van der Waals surface area contributed by atoms with Gasteiger partial charge in [-0.25, -0.2) is 12.8 Å². The maximum atomic E-state index is 13.7. The number of carbonyl (C=O) groups excluding carboxylic acids is 2. The van der Waals surface area contributed by atoms with Crippen molar-refractivity contribution in [3.63, 3.8) is 0 Å². The molecule has 0 aliphatic heterocycles. The SMILES string of the molecule is CC[C@@H](C(=O)NCC(C)C)N(Cc1ccc(F)cc1)C(=O)CN(c1c(C)cccc1C)S(C)(=O)=O. The molecule has 0 spiro atoms. The van der Waals surface area contributed by atoms with Crippen molar-refractivity contribution in [3.8, 4) is 0 Å². The Kier molecular flexibility index (Phi) is 9.82. The molecule has 1 atom stereocenters. The van der Waals surface area contributed by atoms with Crippen molar-refractivity contribution in [1.29, 1.82) is 0 Å². The predicted molar refractivity (Wildman–Crippen MR) is 137 cm³/mol. The number of anilines is 1. The van der Waals surface area contributed by atoms with Crippen molar-refractivity contribution in [3.05, 3.63) is 65.0 Å². The number of hydrogen-bond acceptors (Lipinski definition) is 4. The monoisotopic (exact) mass is 505 g/mol. The van der Waals surface area contributed by atoms with E-state index in [1.54, 1.807) is 45.0 Å². The van der Waals surface area contributed by atoms with Gasteiger partial charge >= 0.3 is 0 Å². The number of benzene rings is 2. The molecule has 0 unspecified atom stereocenters. The van der Waals surface area contributed by atoms with Crippen LogP contribution >= 0.6 is 0 Å². The number of hydrogen-bond donors (Lipinski definition) is 1. The summed E-state index contributed by atoms with van der Waals surface area (Å²) in [5, 5.41) is 2.87. The van der Waals surface area contributed by atoms with Crippen LogP contribution in [0.4, 0.5) is 10.1 Å². The molecular weight excluding hydrogens is 469 g/mol. The van der Waals surface area contributed by atoms with Gasteiger partial charge < -0.3 is 10.2 Å². The lowest BCUT2D eigenvalue weighted by atomic mass is 10.1. The lowest BCUT2D eigenvalue weighted by Crippen LogP contribution is -2.52. The Labute approximate surface area is 208 Å². The van der Waals surface area contributed by atoms with Crippen molar-refractivity contribution in [1.82, 2.24) is 10.2 Å². The Morgan fingerprint density at radius 2 is 1.60 bits per heavy atom. The van der Waals surface area contributed by atoms with Crippen molar-refractivity contribution in [2.24, 2.45) is 5.92 Å². The Balaban J connectivity index is 2.47. The van der Waals surface area contributed by atoms with Gasteiger partial charge in [0.2, 0.25) is 21.8 Å². The van der Waals surface area contributed by atoms with Gasteiger partial charge in [-0.05, 0) is 55.0 Å². The van der Waals surface area contributed by atoms with Gasteiger partial charge in [0.25, 0.3) is 0 Å². The number of rotatable bonds is 11. The number of halogens is 1. The third-order valence-electron chi connectivity index (χ3n) is 5.70. The van der Waals surface area contributed by atoms with E-state index < -0.39 is 34.3 Å². The summed E-state index contributed by atoms with van der Waals surface area (Å²) >= 11 is 0. The predicted octanol–water partition coefficient (Wildman–Crippen LogP) is 3.79. The highest BCUT2D eigenvalue weighted by molar-refractivity contribution is 7.92. The number of nitrogens with one attached hydrogen (secondary N) is 1. The zero-order chi connectivity index (χ0) is 26.3. The second-order valence-electron chi connectivity index (χ2n) is 9.22. The van der Waals surface area contributed by atoms with Crippen molar-refractivity contribution in [2.75, 3.05) is 23.7 Å². The first-order valence-corrected chi connectivity index (χ1v) is 13.6. The highest BCUT2D eigenvalue weighted by Gasteiger charge is 2.32. The van der Waals surface area contributed by atoms with E-state index in [1.165, 1.54) is 17.0 Å². The molecule has 9 heteroatoms. The molecule has 2 aromatic carbocycles. The van der Waals surface area contributed by atoms with E-state index in [9.17, 15) is 22.4 Å². The Bertz CT molecular complexity index is 1110. The fourth-order valence-electron chi connectivity index (χ4n) is 3.90. The van der Waals surface area contributed by atoms with E-state index in [0.717, 1.165) is 21.7 Å². The first kappa shape index (κ1) is 28.3. The van der Waals surface area contributed by atoms with Gasteiger partial charge in [-0.3, -0.25) is 13.9 Å². The smallest absolute Gasteiger partial charge is 0.244 e. The zero-order valence-electron chi connectivity index (χ0n) is 21.3. The number of aryl methyl sites for hydroxylation is 2. The summed E-state index contributed by atoms with van der Waals surface area (Å²) in [6.45, 7) is 9.34. The maximum absolute atomic E-state index is 13.7. The third-order valence-corrected chi connectivity index (χ3v) is 6.82. The normalized spacial score (nSPS) is 12.3. The number of sulfonamides is 1. The topological polar surface area (TPSA) is 86.8 Å². The summed E-state index contributed by atoms with van der Waals surface area (Å²) < 4.78 is 40.1. The van der Waals surface area contributed by atoms with Gasteiger partial charge in [-0.2, -0.15) is 0 Å². The molecule has 0 fully saturated rings. The fraction of sp³-hybridized carbons (Fsp3) is 0.462. The van der Waals surface area contributed by atoms with E-state index in [-0.39, 0.29) is 18.4 Å². The van der Waals surface area contributed by atoms with Crippen LogP contribution in [0.3, 0.4) is 0 Å². The van der Waals surface area contributed by atoms with Gasteiger partial charge in [-0.15, -0.1) is 0 Å². The van der Waals surface area contributed by atoms with Crippen LogP contribution in [-0.2, 0) is 26.2 Å². The zero-order valence-corrected chi connectivity index (χ0v) is 22.2. The van der Waals surface area contributed by atoms with Crippen molar-refractivity contribution < 1.29 is 22.4 Å². The fourth-order valence-corrected chi connectivity index (χ4v) is 4.87. The molecule has 0 heterocycles. The van der Waals surface area contributed by atoms with Crippen LogP contribution in [0.2, 0.25) is 0 Å². The number of nitrogens with zero attached hydrogens (tertiary/aromatic N) is 2. The summed E-state index contributed by atoms with van der Waals surface area (Å²) in [4.78, 5) is 28.1. The van der Waals surface area contributed by atoms with Crippen LogP contribution in [0, 0.1) is 25.6 Å². The molecular formula is C26H36FN3O4S. The second kappa shape index (κ2) is 12.2. The number of carbonyl (C=O) groups is 2. The standard InChI is InChI=1S/C26H36FN3O4S/c1-7-23(26(32)28-15-18(2)3)29(16-21-11-13-22(27)14-12-21)24(31)17-30(35(6,33)34)25-19(4)9-8-10-20(25)5/h8-14,18,23H,7,15-17H2,1-6H3,(H,28,32)/t23-/m0/s1. The molecule has 0 aromatic heterocycles. The molecule has 0 saturated heterocycles.